The Labute approximate surface area is 149 Å². The van der Waals surface area contributed by atoms with E-state index in [1.165, 1.54) is 11.3 Å². The number of carbonyl (C=O) groups is 1. The third-order valence-corrected chi connectivity index (χ3v) is 4.54. The zero-order valence-electron chi connectivity index (χ0n) is 15.4. The molecule has 0 radical (unpaired) electrons. The molecular formula is C20H27N3O2. The molecule has 5 heteroatoms. The summed E-state index contributed by atoms with van der Waals surface area (Å²) in [5, 5.41) is 0. The normalized spacial score (nSPS) is 16.2. The second-order valence-electron chi connectivity index (χ2n) is 7.68. The Hall–Kier alpha value is -2.30. The molecule has 1 saturated heterocycles. The van der Waals surface area contributed by atoms with E-state index in [9.17, 15) is 4.79 Å². The van der Waals surface area contributed by atoms with Gasteiger partial charge in [-0.2, -0.15) is 0 Å². The number of aromatic nitrogens is 2. The number of imidazole rings is 1. The molecule has 0 spiro atoms. The van der Waals surface area contributed by atoms with Gasteiger partial charge in [0.15, 0.2) is 0 Å². The van der Waals surface area contributed by atoms with E-state index in [1.807, 2.05) is 37.9 Å². The number of hydrogen-bond donors (Lipinski definition) is 0. The number of carbonyl (C=O) groups excluding carboxylic acids is 1. The molecule has 0 unspecified atom stereocenters. The molecule has 1 amide bonds. The topological polar surface area (TPSA) is 46.8 Å². The van der Waals surface area contributed by atoms with Crippen molar-refractivity contribution in [2.45, 2.75) is 51.6 Å². The minimum Gasteiger partial charge on any atom is -0.444 e. The number of ether oxygens (including phenoxy) is 1. The fourth-order valence-corrected chi connectivity index (χ4v) is 3.32. The van der Waals surface area contributed by atoms with Crippen molar-refractivity contribution < 1.29 is 9.53 Å². The van der Waals surface area contributed by atoms with Gasteiger partial charge in [-0.15, -0.1) is 6.58 Å². The maximum atomic E-state index is 12.2. The first-order valence-corrected chi connectivity index (χ1v) is 8.92. The van der Waals surface area contributed by atoms with Crippen LogP contribution in [0, 0.1) is 0 Å². The van der Waals surface area contributed by atoms with Crippen molar-refractivity contribution in [1.29, 1.82) is 0 Å². The molecule has 3 rings (SSSR count). The van der Waals surface area contributed by atoms with Crippen molar-refractivity contribution in [3.8, 4) is 0 Å². The van der Waals surface area contributed by atoms with Crippen molar-refractivity contribution in [2.24, 2.45) is 0 Å². The molecular weight excluding hydrogens is 314 g/mol. The molecule has 25 heavy (non-hydrogen) atoms. The number of allylic oxidation sites excluding steroid dienone is 1. The number of amides is 1. The number of pyridine rings is 1. The molecule has 5 nitrogen and oxygen atoms in total. The molecule has 1 fully saturated rings. The molecule has 0 aliphatic carbocycles. The molecule has 0 aromatic carbocycles. The highest BCUT2D eigenvalue weighted by Gasteiger charge is 2.28. The maximum Gasteiger partial charge on any atom is 0.410 e. The van der Waals surface area contributed by atoms with E-state index >= 15 is 0 Å². The summed E-state index contributed by atoms with van der Waals surface area (Å²) in [6.45, 7) is 11.0. The zero-order chi connectivity index (χ0) is 18.0. The van der Waals surface area contributed by atoms with Crippen molar-refractivity contribution >= 4 is 11.7 Å². The van der Waals surface area contributed by atoms with Gasteiger partial charge in [-0.3, -0.25) is 0 Å². The molecule has 1 aliphatic rings. The molecule has 0 N–H and O–H groups in total. The Balaban J connectivity index is 1.70. The summed E-state index contributed by atoms with van der Waals surface area (Å²) in [7, 11) is 0. The lowest BCUT2D eigenvalue weighted by molar-refractivity contribution is 0.0204. The second-order valence-corrected chi connectivity index (χ2v) is 7.68. The Morgan fingerprint density at radius 1 is 1.36 bits per heavy atom. The van der Waals surface area contributed by atoms with E-state index in [-0.39, 0.29) is 6.09 Å². The Bertz CT molecular complexity index is 765. The summed E-state index contributed by atoms with van der Waals surface area (Å²) in [6, 6.07) is 4.15. The van der Waals surface area contributed by atoms with E-state index in [0.29, 0.717) is 5.92 Å². The van der Waals surface area contributed by atoms with Gasteiger partial charge >= 0.3 is 6.09 Å². The average Bonchev–Trinajstić information content (AvgIpc) is 2.97. The summed E-state index contributed by atoms with van der Waals surface area (Å²) in [5.41, 5.74) is 2.98. The Kier molecular flexibility index (Phi) is 4.84. The van der Waals surface area contributed by atoms with Crippen LogP contribution in [0.5, 0.6) is 0 Å². The third-order valence-electron chi connectivity index (χ3n) is 4.54. The summed E-state index contributed by atoms with van der Waals surface area (Å²) in [6.07, 6.45) is 8.54. The molecule has 134 valence electrons. The Morgan fingerprint density at radius 3 is 2.72 bits per heavy atom. The number of piperidine rings is 1. The standard InChI is InChI=1S/C20H27N3O2/c1-5-6-15-7-8-18-21-13-17(23(18)14-15)16-9-11-22(12-10-16)19(24)25-20(2,3)4/h5,7-8,13-14,16H,1,6,9-12H2,2-4H3. The highest BCUT2D eigenvalue weighted by molar-refractivity contribution is 5.68. The van der Waals surface area contributed by atoms with Gasteiger partial charge in [0.05, 0.1) is 0 Å². The lowest BCUT2D eigenvalue weighted by Gasteiger charge is -2.33. The molecule has 2 aromatic rings. The quantitative estimate of drug-likeness (QED) is 0.787. The maximum absolute atomic E-state index is 12.2. The molecule has 0 atom stereocenters. The van der Waals surface area contributed by atoms with Crippen molar-refractivity contribution in [3.05, 3.63) is 48.4 Å². The second kappa shape index (κ2) is 6.90. The first kappa shape index (κ1) is 17.5. The van der Waals surface area contributed by atoms with Crippen molar-refractivity contribution in [2.75, 3.05) is 13.1 Å². The van der Waals surface area contributed by atoms with Crippen LogP contribution in [0.3, 0.4) is 0 Å². The zero-order valence-corrected chi connectivity index (χ0v) is 15.4. The van der Waals surface area contributed by atoms with E-state index in [0.717, 1.165) is 38.0 Å². The number of likely N-dealkylation sites (tertiary alicyclic amines) is 1. The first-order chi connectivity index (χ1) is 11.9. The number of rotatable bonds is 3. The molecule has 3 heterocycles. The summed E-state index contributed by atoms with van der Waals surface area (Å²) in [4.78, 5) is 18.6. The predicted molar refractivity (Wildman–Crippen MR) is 98.9 cm³/mol. The minimum absolute atomic E-state index is 0.211. The fraction of sp³-hybridized carbons (Fsp3) is 0.500. The van der Waals surface area contributed by atoms with Gasteiger partial charge in [0.2, 0.25) is 0 Å². The lowest BCUT2D eigenvalue weighted by Crippen LogP contribution is -2.41. The van der Waals surface area contributed by atoms with E-state index in [4.69, 9.17) is 4.74 Å². The fourth-order valence-electron chi connectivity index (χ4n) is 3.32. The van der Waals surface area contributed by atoms with E-state index in [2.05, 4.69) is 34.3 Å². The monoisotopic (exact) mass is 341 g/mol. The van der Waals surface area contributed by atoms with Crippen molar-refractivity contribution in [3.63, 3.8) is 0 Å². The van der Waals surface area contributed by atoms with Gasteiger partial charge in [-0.1, -0.05) is 12.1 Å². The highest BCUT2D eigenvalue weighted by atomic mass is 16.6. The molecule has 1 aliphatic heterocycles. The number of nitrogens with zero attached hydrogens (tertiary/aromatic N) is 3. The SMILES string of the molecule is C=CCc1ccc2ncc(C3CCN(C(=O)OC(C)(C)C)CC3)n2c1. The van der Waals surface area contributed by atoms with Crippen LogP contribution >= 0.6 is 0 Å². The highest BCUT2D eigenvalue weighted by Crippen LogP contribution is 2.29. The molecule has 0 bridgehead atoms. The van der Waals surface area contributed by atoms with Crippen LogP contribution in [0.4, 0.5) is 4.79 Å². The summed E-state index contributed by atoms with van der Waals surface area (Å²) < 4.78 is 7.66. The van der Waals surface area contributed by atoms with E-state index in [1.54, 1.807) is 0 Å². The summed E-state index contributed by atoms with van der Waals surface area (Å²) >= 11 is 0. The van der Waals surface area contributed by atoms with Crippen LogP contribution < -0.4 is 0 Å². The predicted octanol–water partition coefficient (Wildman–Crippen LogP) is 4.18. The molecule has 0 saturated carbocycles. The number of hydrogen-bond acceptors (Lipinski definition) is 3. The number of fused-ring (bicyclic) bond motifs is 1. The van der Waals surface area contributed by atoms with Gasteiger partial charge < -0.3 is 14.0 Å². The van der Waals surface area contributed by atoms with Crippen LogP contribution in [-0.2, 0) is 11.2 Å². The van der Waals surface area contributed by atoms with Gasteiger partial charge in [-0.05, 0) is 51.7 Å². The van der Waals surface area contributed by atoms with Gasteiger partial charge in [0.25, 0.3) is 0 Å². The minimum atomic E-state index is -0.447. The lowest BCUT2D eigenvalue weighted by atomic mass is 9.94. The third kappa shape index (κ3) is 4.03. The van der Waals surface area contributed by atoms with Crippen molar-refractivity contribution in [1.82, 2.24) is 14.3 Å². The smallest absolute Gasteiger partial charge is 0.410 e. The van der Waals surface area contributed by atoms with Crippen LogP contribution in [-0.4, -0.2) is 39.1 Å². The van der Waals surface area contributed by atoms with Gasteiger partial charge in [0, 0.05) is 37.1 Å². The molecule has 2 aromatic heterocycles. The van der Waals surface area contributed by atoms with Crippen LogP contribution in [0.25, 0.3) is 5.65 Å². The van der Waals surface area contributed by atoms with Crippen LogP contribution in [0.2, 0.25) is 0 Å². The largest absolute Gasteiger partial charge is 0.444 e. The van der Waals surface area contributed by atoms with Gasteiger partial charge in [-0.25, -0.2) is 9.78 Å². The van der Waals surface area contributed by atoms with Crippen LogP contribution in [0.1, 0.15) is 50.8 Å². The Morgan fingerprint density at radius 2 is 2.08 bits per heavy atom. The van der Waals surface area contributed by atoms with Gasteiger partial charge in [0.1, 0.15) is 11.2 Å². The summed E-state index contributed by atoms with van der Waals surface area (Å²) in [5.74, 6) is 0.410. The average molecular weight is 341 g/mol. The first-order valence-electron chi connectivity index (χ1n) is 8.92. The van der Waals surface area contributed by atoms with E-state index < -0.39 is 5.60 Å². The van der Waals surface area contributed by atoms with Crippen LogP contribution in [0.15, 0.2) is 37.2 Å².